The molecule has 1 saturated heterocycles. The van der Waals surface area contributed by atoms with E-state index >= 15 is 0 Å². The summed E-state index contributed by atoms with van der Waals surface area (Å²) in [5.74, 6) is 1.29. The zero-order chi connectivity index (χ0) is 20.6. The zero-order valence-corrected chi connectivity index (χ0v) is 17.8. The number of rotatable bonds is 5. The lowest BCUT2D eigenvalue weighted by atomic mass is 9.94. The molecular weight excluding hydrogens is 388 g/mol. The maximum Gasteiger partial charge on any atom is 0.246 e. The van der Waals surface area contributed by atoms with Gasteiger partial charge in [-0.25, -0.2) is 8.42 Å². The van der Waals surface area contributed by atoms with Gasteiger partial charge >= 0.3 is 0 Å². The van der Waals surface area contributed by atoms with Gasteiger partial charge in [0.05, 0.1) is 11.4 Å². The van der Waals surface area contributed by atoms with Gasteiger partial charge in [0, 0.05) is 32.2 Å². The highest BCUT2D eigenvalue weighted by Gasteiger charge is 2.33. The Morgan fingerprint density at radius 3 is 2.41 bits per heavy atom. The third kappa shape index (κ3) is 3.72. The van der Waals surface area contributed by atoms with E-state index in [4.69, 9.17) is 0 Å². The lowest BCUT2D eigenvalue weighted by Crippen LogP contribution is -2.39. The van der Waals surface area contributed by atoms with Gasteiger partial charge in [0.1, 0.15) is 17.0 Å². The first kappa shape index (κ1) is 19.8. The molecule has 0 unspecified atom stereocenters. The Balaban J connectivity index is 1.45. The monoisotopic (exact) mass is 414 g/mol. The van der Waals surface area contributed by atoms with Crippen LogP contribution in [0.15, 0.2) is 41.6 Å². The van der Waals surface area contributed by atoms with Crippen LogP contribution in [-0.4, -0.2) is 50.4 Å². The van der Waals surface area contributed by atoms with Gasteiger partial charge in [-0.3, -0.25) is 9.25 Å². The molecule has 1 aliphatic rings. The number of nitrogens with zero attached hydrogens (tertiary/aromatic N) is 6. The standard InChI is InChI=1S/C20H26N6O2S/c1-15-20(16(2)24(3)23-15)29(27,28)25-11-9-17(10-12-25)13-19-22-21-14-26(19)18-7-5-4-6-8-18/h4-8,14,17H,9-13H2,1-3H3. The molecule has 3 aromatic rings. The third-order valence-electron chi connectivity index (χ3n) is 5.74. The van der Waals surface area contributed by atoms with Gasteiger partial charge < -0.3 is 0 Å². The van der Waals surface area contributed by atoms with Crippen molar-refractivity contribution in [3.8, 4) is 5.69 Å². The number of benzene rings is 1. The highest BCUT2D eigenvalue weighted by Crippen LogP contribution is 2.29. The fourth-order valence-corrected chi connectivity index (χ4v) is 5.94. The molecule has 0 amide bonds. The van der Waals surface area contributed by atoms with E-state index in [2.05, 4.69) is 15.3 Å². The van der Waals surface area contributed by atoms with Crippen molar-refractivity contribution in [1.82, 2.24) is 28.9 Å². The van der Waals surface area contributed by atoms with Crippen LogP contribution >= 0.6 is 0 Å². The lowest BCUT2D eigenvalue weighted by molar-refractivity contribution is 0.269. The van der Waals surface area contributed by atoms with E-state index in [9.17, 15) is 8.42 Å². The lowest BCUT2D eigenvalue weighted by Gasteiger charge is -2.31. The number of hydrogen-bond acceptors (Lipinski definition) is 5. The summed E-state index contributed by atoms with van der Waals surface area (Å²) in [6, 6.07) is 10.0. The second-order valence-electron chi connectivity index (χ2n) is 7.63. The number of aromatic nitrogens is 5. The van der Waals surface area contributed by atoms with Crippen molar-refractivity contribution in [2.45, 2.75) is 38.0 Å². The number of aryl methyl sites for hydroxylation is 2. The Morgan fingerprint density at radius 1 is 1.10 bits per heavy atom. The maximum atomic E-state index is 13.2. The van der Waals surface area contributed by atoms with Crippen LogP contribution in [0.5, 0.6) is 0 Å². The molecule has 4 rings (SSSR count). The van der Waals surface area contributed by atoms with Crippen molar-refractivity contribution in [1.29, 1.82) is 0 Å². The minimum absolute atomic E-state index is 0.349. The summed E-state index contributed by atoms with van der Waals surface area (Å²) in [5, 5.41) is 12.6. The summed E-state index contributed by atoms with van der Waals surface area (Å²) in [7, 11) is -1.75. The van der Waals surface area contributed by atoms with E-state index in [1.54, 1.807) is 36.2 Å². The number of piperidine rings is 1. The summed E-state index contributed by atoms with van der Waals surface area (Å²) < 4.78 is 31.5. The molecule has 8 nitrogen and oxygen atoms in total. The predicted molar refractivity (Wildman–Crippen MR) is 109 cm³/mol. The molecule has 0 atom stereocenters. The molecule has 29 heavy (non-hydrogen) atoms. The van der Waals surface area contributed by atoms with Crippen LogP contribution in [0.3, 0.4) is 0 Å². The zero-order valence-electron chi connectivity index (χ0n) is 17.0. The summed E-state index contributed by atoms with van der Waals surface area (Å²) in [4.78, 5) is 0.349. The smallest absolute Gasteiger partial charge is 0.246 e. The first-order valence-corrected chi connectivity index (χ1v) is 11.3. The van der Waals surface area contributed by atoms with Gasteiger partial charge in [-0.05, 0) is 44.7 Å². The largest absolute Gasteiger partial charge is 0.286 e. The highest BCUT2D eigenvalue weighted by molar-refractivity contribution is 7.89. The number of para-hydroxylation sites is 1. The van der Waals surface area contributed by atoms with Gasteiger partial charge in [-0.15, -0.1) is 10.2 Å². The van der Waals surface area contributed by atoms with Crippen LogP contribution < -0.4 is 0 Å². The first-order valence-electron chi connectivity index (χ1n) is 9.82. The molecule has 0 radical (unpaired) electrons. The fourth-order valence-electron chi connectivity index (χ4n) is 4.07. The van der Waals surface area contributed by atoms with Crippen molar-refractivity contribution < 1.29 is 8.42 Å². The van der Waals surface area contributed by atoms with Crippen molar-refractivity contribution in [2.24, 2.45) is 13.0 Å². The fraction of sp³-hybridized carbons (Fsp3) is 0.450. The van der Waals surface area contributed by atoms with E-state index in [0.717, 1.165) is 30.8 Å². The van der Waals surface area contributed by atoms with E-state index in [-0.39, 0.29) is 0 Å². The van der Waals surface area contributed by atoms with Crippen LogP contribution in [0, 0.1) is 19.8 Å². The summed E-state index contributed by atoms with van der Waals surface area (Å²) in [6.07, 6.45) is 4.13. The summed E-state index contributed by atoms with van der Waals surface area (Å²) >= 11 is 0. The molecule has 1 fully saturated rings. The molecule has 1 aliphatic heterocycles. The molecular formula is C20H26N6O2S. The molecule has 3 heterocycles. The average molecular weight is 415 g/mol. The van der Waals surface area contributed by atoms with Crippen LogP contribution in [0.25, 0.3) is 5.69 Å². The third-order valence-corrected chi connectivity index (χ3v) is 7.89. The molecule has 0 spiro atoms. The summed E-state index contributed by atoms with van der Waals surface area (Å²) in [6.45, 7) is 4.58. The molecule has 1 aromatic carbocycles. The molecule has 9 heteroatoms. The van der Waals surface area contributed by atoms with E-state index in [1.807, 2.05) is 34.9 Å². The molecule has 0 N–H and O–H groups in total. The topological polar surface area (TPSA) is 85.9 Å². The van der Waals surface area contributed by atoms with Crippen LogP contribution in [0.4, 0.5) is 0 Å². The van der Waals surface area contributed by atoms with Crippen molar-refractivity contribution in [3.63, 3.8) is 0 Å². The van der Waals surface area contributed by atoms with Crippen LogP contribution in [0.2, 0.25) is 0 Å². The molecule has 154 valence electrons. The van der Waals surface area contributed by atoms with Crippen molar-refractivity contribution in [3.05, 3.63) is 53.9 Å². The normalized spacial score (nSPS) is 16.4. The van der Waals surface area contributed by atoms with Crippen molar-refractivity contribution >= 4 is 10.0 Å². The van der Waals surface area contributed by atoms with Crippen LogP contribution in [-0.2, 0) is 23.5 Å². The molecule has 0 bridgehead atoms. The first-order chi connectivity index (χ1) is 13.9. The Bertz CT molecular complexity index is 1100. The van der Waals surface area contributed by atoms with Gasteiger partial charge in [-0.1, -0.05) is 18.2 Å². The van der Waals surface area contributed by atoms with Gasteiger partial charge in [0.25, 0.3) is 0 Å². The Labute approximate surface area is 171 Å². The minimum atomic E-state index is -3.52. The minimum Gasteiger partial charge on any atom is -0.286 e. The Morgan fingerprint density at radius 2 is 1.79 bits per heavy atom. The average Bonchev–Trinajstić information content (AvgIpc) is 3.27. The molecule has 0 saturated carbocycles. The van der Waals surface area contributed by atoms with E-state index in [1.165, 1.54) is 0 Å². The van der Waals surface area contributed by atoms with Crippen molar-refractivity contribution in [2.75, 3.05) is 13.1 Å². The quantitative estimate of drug-likeness (QED) is 0.639. The second-order valence-corrected chi connectivity index (χ2v) is 9.50. The Hall–Kier alpha value is -2.52. The summed E-state index contributed by atoms with van der Waals surface area (Å²) in [5.41, 5.74) is 2.28. The van der Waals surface area contributed by atoms with Crippen LogP contribution in [0.1, 0.15) is 30.1 Å². The van der Waals surface area contributed by atoms with Gasteiger partial charge in [-0.2, -0.15) is 9.40 Å². The highest BCUT2D eigenvalue weighted by atomic mass is 32.2. The SMILES string of the molecule is Cc1nn(C)c(C)c1S(=O)(=O)N1CCC(Cc2nncn2-c2ccccc2)CC1. The van der Waals surface area contributed by atoms with Gasteiger partial charge in [0.15, 0.2) is 0 Å². The maximum absolute atomic E-state index is 13.2. The Kier molecular flexibility index (Phi) is 5.26. The van der Waals surface area contributed by atoms with E-state index < -0.39 is 10.0 Å². The molecule has 2 aromatic heterocycles. The number of hydrogen-bond donors (Lipinski definition) is 0. The van der Waals surface area contributed by atoms with Gasteiger partial charge in [0.2, 0.25) is 10.0 Å². The second kappa shape index (κ2) is 7.72. The van der Waals surface area contributed by atoms with E-state index in [0.29, 0.717) is 35.3 Å². The molecule has 0 aliphatic carbocycles. The number of sulfonamides is 1. The predicted octanol–water partition coefficient (Wildman–Crippen LogP) is 2.26.